The second-order valence-corrected chi connectivity index (χ2v) is 5.76. The van der Waals surface area contributed by atoms with Crippen LogP contribution in [-0.2, 0) is 0 Å². The van der Waals surface area contributed by atoms with E-state index in [1.807, 2.05) is 91.9 Å². The van der Waals surface area contributed by atoms with Crippen LogP contribution in [0.2, 0.25) is 0 Å². The molecule has 0 fully saturated rings. The summed E-state index contributed by atoms with van der Waals surface area (Å²) in [6.45, 7) is 1.90. The molecule has 0 unspecified atom stereocenters. The molecule has 0 heterocycles. The highest BCUT2D eigenvalue weighted by Gasteiger charge is 2.08. The van der Waals surface area contributed by atoms with E-state index >= 15 is 0 Å². The maximum atomic E-state index is 6.01. The van der Waals surface area contributed by atoms with Gasteiger partial charge < -0.3 is 14.2 Å². The van der Waals surface area contributed by atoms with Crippen molar-refractivity contribution in [1.82, 2.24) is 0 Å². The van der Waals surface area contributed by atoms with Gasteiger partial charge in [-0.1, -0.05) is 36.4 Å². The van der Waals surface area contributed by atoms with Gasteiger partial charge >= 0.3 is 0 Å². The Kier molecular flexibility index (Phi) is 6.26. The van der Waals surface area contributed by atoms with Crippen molar-refractivity contribution in [3.63, 3.8) is 0 Å². The van der Waals surface area contributed by atoms with E-state index < -0.39 is 0 Å². The van der Waals surface area contributed by atoms with Crippen LogP contribution in [-0.4, -0.2) is 13.0 Å². The Balaban J connectivity index is 1.85. The minimum Gasteiger partial charge on any atom is -0.497 e. The Morgan fingerprint density at radius 2 is 1.33 bits per heavy atom. The van der Waals surface area contributed by atoms with Crippen molar-refractivity contribution in [2.75, 3.05) is 7.11 Å². The van der Waals surface area contributed by atoms with Gasteiger partial charge in [-0.3, -0.25) is 0 Å². The fraction of sp³-hybridized carbons (Fsp3) is 0.0870. The normalized spacial score (nSPS) is 11.8. The number of benzene rings is 3. The van der Waals surface area contributed by atoms with E-state index in [0.717, 1.165) is 22.8 Å². The average Bonchev–Trinajstić information content (AvgIpc) is 2.73. The molecule has 3 rings (SSSR count). The molecule has 0 saturated heterocycles. The number of methoxy groups -OCH3 is 1. The Labute approximate surface area is 159 Å². The van der Waals surface area contributed by atoms with E-state index in [1.165, 1.54) is 0 Å². The molecule has 27 heavy (non-hydrogen) atoms. The number of nitrogens with zero attached hydrogens (tertiary/aromatic N) is 1. The first kappa shape index (κ1) is 18.3. The zero-order valence-corrected chi connectivity index (χ0v) is 15.3. The Hall–Kier alpha value is -3.53. The van der Waals surface area contributed by atoms with Crippen LogP contribution in [0, 0.1) is 0 Å². The molecule has 0 bridgehead atoms. The third-order valence-corrected chi connectivity index (χ3v) is 3.71. The van der Waals surface area contributed by atoms with E-state index in [0.29, 0.717) is 11.6 Å². The summed E-state index contributed by atoms with van der Waals surface area (Å²) in [5.41, 5.74) is 1.56. The van der Waals surface area contributed by atoms with Crippen molar-refractivity contribution < 1.29 is 14.2 Å². The van der Waals surface area contributed by atoms with Crippen LogP contribution < -0.4 is 14.2 Å². The van der Waals surface area contributed by atoms with Gasteiger partial charge in [0.1, 0.15) is 17.2 Å². The van der Waals surface area contributed by atoms with Gasteiger partial charge in [0, 0.05) is 5.57 Å². The number of rotatable bonds is 6. The zero-order chi connectivity index (χ0) is 18.9. The number of aliphatic imine (C=N–C) groups is 1. The van der Waals surface area contributed by atoms with Gasteiger partial charge in [-0.15, -0.1) is 0 Å². The highest BCUT2D eigenvalue weighted by Crippen LogP contribution is 2.21. The van der Waals surface area contributed by atoms with Gasteiger partial charge in [0.05, 0.1) is 19.1 Å². The number of para-hydroxylation sites is 2. The van der Waals surface area contributed by atoms with Crippen molar-refractivity contribution >= 4 is 11.6 Å². The standard InChI is InChI=1S/C23H21NO3/c1-18(17-26-21-11-7-4-8-12-21)23(24-19-9-5-3-6-10-19)27-22-15-13-20(25-2)14-16-22/h3-17H,1-2H3. The smallest absolute Gasteiger partial charge is 0.225 e. The number of hydrogen-bond acceptors (Lipinski definition) is 4. The van der Waals surface area contributed by atoms with E-state index in [4.69, 9.17) is 14.2 Å². The largest absolute Gasteiger partial charge is 0.497 e. The summed E-state index contributed by atoms with van der Waals surface area (Å²) in [5, 5.41) is 0. The number of hydrogen-bond donors (Lipinski definition) is 0. The van der Waals surface area contributed by atoms with E-state index in [-0.39, 0.29) is 0 Å². The molecule has 0 spiro atoms. The molecule has 3 aromatic rings. The lowest BCUT2D eigenvalue weighted by Gasteiger charge is -2.11. The first-order valence-corrected chi connectivity index (χ1v) is 8.59. The summed E-state index contributed by atoms with van der Waals surface area (Å²) in [4.78, 5) is 4.62. The molecule has 0 radical (unpaired) electrons. The molecule has 0 saturated carbocycles. The molecular weight excluding hydrogens is 338 g/mol. The van der Waals surface area contributed by atoms with Crippen molar-refractivity contribution in [2.45, 2.75) is 6.92 Å². The highest BCUT2D eigenvalue weighted by atomic mass is 16.5. The average molecular weight is 359 g/mol. The van der Waals surface area contributed by atoms with E-state index in [9.17, 15) is 0 Å². The summed E-state index contributed by atoms with van der Waals surface area (Å²) >= 11 is 0. The molecule has 0 aromatic heterocycles. The van der Waals surface area contributed by atoms with Crippen LogP contribution in [0.1, 0.15) is 6.92 Å². The molecule has 4 nitrogen and oxygen atoms in total. The molecular formula is C23H21NO3. The van der Waals surface area contributed by atoms with Crippen LogP contribution in [0.3, 0.4) is 0 Å². The first-order chi connectivity index (χ1) is 13.2. The summed E-state index contributed by atoms with van der Waals surface area (Å²) in [7, 11) is 1.63. The summed E-state index contributed by atoms with van der Waals surface area (Å²) in [6, 6.07) is 26.6. The third-order valence-electron chi connectivity index (χ3n) is 3.71. The lowest BCUT2D eigenvalue weighted by Crippen LogP contribution is -2.10. The second-order valence-electron chi connectivity index (χ2n) is 5.76. The lowest BCUT2D eigenvalue weighted by molar-refractivity contribution is 0.414. The summed E-state index contributed by atoms with van der Waals surface area (Å²) < 4.78 is 16.9. The monoisotopic (exact) mass is 359 g/mol. The van der Waals surface area contributed by atoms with Crippen LogP contribution in [0.25, 0.3) is 0 Å². The van der Waals surface area contributed by atoms with Gasteiger partial charge in [-0.25, -0.2) is 4.99 Å². The summed E-state index contributed by atoms with van der Waals surface area (Å²) in [5.74, 6) is 2.64. The van der Waals surface area contributed by atoms with Crippen molar-refractivity contribution in [3.05, 3.63) is 96.8 Å². The maximum Gasteiger partial charge on any atom is 0.225 e. The molecule has 4 heteroatoms. The fourth-order valence-corrected chi connectivity index (χ4v) is 2.27. The van der Waals surface area contributed by atoms with Crippen molar-refractivity contribution in [2.24, 2.45) is 4.99 Å². The lowest BCUT2D eigenvalue weighted by atomic mass is 10.3. The molecule has 3 aromatic carbocycles. The van der Waals surface area contributed by atoms with Gasteiger partial charge in [0.25, 0.3) is 0 Å². The molecule has 0 aliphatic rings. The molecule has 0 aliphatic carbocycles. The van der Waals surface area contributed by atoms with Crippen LogP contribution >= 0.6 is 0 Å². The van der Waals surface area contributed by atoms with Gasteiger partial charge in [-0.2, -0.15) is 0 Å². The Morgan fingerprint density at radius 3 is 1.96 bits per heavy atom. The van der Waals surface area contributed by atoms with Gasteiger partial charge in [0.15, 0.2) is 0 Å². The Morgan fingerprint density at radius 1 is 0.741 bits per heavy atom. The van der Waals surface area contributed by atoms with Crippen LogP contribution in [0.15, 0.2) is 102 Å². The second kappa shape index (κ2) is 9.25. The zero-order valence-electron chi connectivity index (χ0n) is 15.3. The SMILES string of the molecule is COc1ccc(OC(=Nc2ccccc2)C(C)=COc2ccccc2)cc1. The van der Waals surface area contributed by atoms with Gasteiger partial charge in [-0.05, 0) is 55.5 Å². The minimum absolute atomic E-state index is 0.460. The molecule has 0 amide bonds. The topological polar surface area (TPSA) is 40.0 Å². The number of ether oxygens (including phenoxy) is 3. The van der Waals surface area contributed by atoms with Gasteiger partial charge in [0.2, 0.25) is 5.90 Å². The van der Waals surface area contributed by atoms with Crippen molar-refractivity contribution in [1.29, 1.82) is 0 Å². The molecule has 0 aliphatic heterocycles. The fourth-order valence-electron chi connectivity index (χ4n) is 2.27. The van der Waals surface area contributed by atoms with Crippen LogP contribution in [0.4, 0.5) is 5.69 Å². The quantitative estimate of drug-likeness (QED) is 0.318. The van der Waals surface area contributed by atoms with Crippen molar-refractivity contribution in [3.8, 4) is 17.2 Å². The highest BCUT2D eigenvalue weighted by molar-refractivity contribution is 5.96. The predicted molar refractivity (Wildman–Crippen MR) is 108 cm³/mol. The Bertz CT molecular complexity index is 901. The first-order valence-electron chi connectivity index (χ1n) is 8.59. The maximum absolute atomic E-state index is 6.01. The minimum atomic E-state index is 0.460. The van der Waals surface area contributed by atoms with E-state index in [1.54, 1.807) is 13.4 Å². The molecule has 0 N–H and O–H groups in total. The third kappa shape index (κ3) is 5.47. The molecule has 0 atom stereocenters. The predicted octanol–water partition coefficient (Wildman–Crippen LogP) is 5.79. The summed E-state index contributed by atoms with van der Waals surface area (Å²) in [6.07, 6.45) is 1.64. The van der Waals surface area contributed by atoms with E-state index in [2.05, 4.69) is 4.99 Å². The van der Waals surface area contributed by atoms with Crippen LogP contribution in [0.5, 0.6) is 17.2 Å². The molecule has 136 valence electrons.